The van der Waals surface area contributed by atoms with Gasteiger partial charge in [-0.05, 0) is 12.5 Å². The summed E-state index contributed by atoms with van der Waals surface area (Å²) in [6, 6.07) is 10.1. The Morgan fingerprint density at radius 1 is 1.18 bits per heavy atom. The number of anilines is 1. The van der Waals surface area contributed by atoms with Crippen molar-refractivity contribution in [1.82, 2.24) is 14.8 Å². The molecule has 1 aliphatic heterocycles. The quantitative estimate of drug-likeness (QED) is 0.577. The van der Waals surface area contributed by atoms with Crippen LogP contribution >= 0.6 is 0 Å². The summed E-state index contributed by atoms with van der Waals surface area (Å²) < 4.78 is 1.84. The molecule has 0 spiro atoms. The number of fused-ring (bicyclic) bond motifs is 1. The van der Waals surface area contributed by atoms with Crippen LogP contribution in [0.25, 0.3) is 11.0 Å². The Hall–Kier alpha value is -2.97. The number of hydrogen-bond acceptors (Lipinski definition) is 7. The molecule has 3 N–H and O–H groups in total. The van der Waals surface area contributed by atoms with Crippen molar-refractivity contribution in [1.29, 1.82) is 0 Å². The highest BCUT2D eigenvalue weighted by molar-refractivity contribution is 6.10. The molecule has 0 bridgehead atoms. The van der Waals surface area contributed by atoms with Crippen LogP contribution in [0.3, 0.4) is 0 Å². The van der Waals surface area contributed by atoms with Gasteiger partial charge in [-0.3, -0.25) is 0 Å². The molecule has 3 aromatic rings. The van der Waals surface area contributed by atoms with Gasteiger partial charge in [0.2, 0.25) is 0 Å². The molecule has 1 aromatic carbocycles. The molecular weight excluding hydrogens is 358 g/mol. The Morgan fingerprint density at radius 3 is 2.64 bits per heavy atom. The molecule has 0 amide bonds. The number of rotatable bonds is 7. The molecule has 2 aromatic heterocycles. The number of nitrogens with zero attached hydrogens (tertiary/aromatic N) is 4. The summed E-state index contributed by atoms with van der Waals surface area (Å²) in [5.74, 6) is 0. The normalized spacial score (nSPS) is 15.5. The summed E-state index contributed by atoms with van der Waals surface area (Å²) in [7, 11) is 0. The van der Waals surface area contributed by atoms with Gasteiger partial charge >= 0.3 is 0 Å². The zero-order valence-corrected chi connectivity index (χ0v) is 15.7. The van der Waals surface area contributed by atoms with Crippen molar-refractivity contribution in [3.05, 3.63) is 53.9 Å². The minimum absolute atomic E-state index is 0.301. The average molecular weight is 381 g/mol. The molecule has 146 valence electrons. The topological polar surface area (TPSA) is 105 Å². The third kappa shape index (κ3) is 3.21. The second kappa shape index (κ2) is 7.57. The van der Waals surface area contributed by atoms with E-state index in [0.717, 1.165) is 34.4 Å². The number of aryl methyl sites for hydroxylation is 1. The summed E-state index contributed by atoms with van der Waals surface area (Å²) in [6.07, 6.45) is 3.84. The first-order valence-electron chi connectivity index (χ1n) is 9.29. The van der Waals surface area contributed by atoms with Crippen LogP contribution in [0.15, 0.2) is 47.9 Å². The van der Waals surface area contributed by atoms with Gasteiger partial charge in [-0.2, -0.15) is 5.10 Å². The second-order valence-corrected chi connectivity index (χ2v) is 6.89. The Balaban J connectivity index is 1.73. The van der Waals surface area contributed by atoms with Gasteiger partial charge < -0.3 is 20.4 Å². The largest absolute Gasteiger partial charge is 0.392 e. The Morgan fingerprint density at radius 2 is 1.96 bits per heavy atom. The van der Waals surface area contributed by atoms with Crippen LogP contribution in [0.5, 0.6) is 0 Å². The van der Waals surface area contributed by atoms with Crippen molar-refractivity contribution >= 4 is 22.4 Å². The standard InChI is InChI=1S/C20H23N5O3/c1-2-25-19-16(11-23-25)18(21-9-14-6-4-3-5-7-14)15(10-22-19)17-8-20(12-26,13-27)28-24-17/h3-7,10-11,26-27H,2,8-9,12-13H2,1H3,(H,21,22). The maximum Gasteiger partial charge on any atom is 0.188 e. The summed E-state index contributed by atoms with van der Waals surface area (Å²) in [4.78, 5) is 9.94. The molecule has 1 aliphatic rings. The molecular formula is C20H23N5O3. The first kappa shape index (κ1) is 18.4. The minimum Gasteiger partial charge on any atom is -0.392 e. The number of pyridine rings is 1. The van der Waals surface area contributed by atoms with E-state index in [1.807, 2.05) is 29.8 Å². The van der Waals surface area contributed by atoms with Gasteiger partial charge in [0.25, 0.3) is 0 Å². The van der Waals surface area contributed by atoms with Crippen molar-refractivity contribution in [3.63, 3.8) is 0 Å². The lowest BCUT2D eigenvalue weighted by Gasteiger charge is -2.20. The smallest absolute Gasteiger partial charge is 0.188 e. The first-order chi connectivity index (χ1) is 13.7. The Labute approximate surface area is 162 Å². The lowest BCUT2D eigenvalue weighted by molar-refractivity contribution is -0.0878. The molecule has 0 radical (unpaired) electrons. The number of oxime groups is 1. The number of benzene rings is 1. The van der Waals surface area contributed by atoms with E-state index in [1.54, 1.807) is 12.4 Å². The number of aliphatic hydroxyl groups excluding tert-OH is 2. The van der Waals surface area contributed by atoms with E-state index in [4.69, 9.17) is 4.84 Å². The fourth-order valence-corrected chi connectivity index (χ4v) is 3.34. The van der Waals surface area contributed by atoms with E-state index in [1.165, 1.54) is 0 Å². The lowest BCUT2D eigenvalue weighted by Crippen LogP contribution is -2.37. The highest BCUT2D eigenvalue weighted by Gasteiger charge is 2.39. The van der Waals surface area contributed by atoms with Crippen molar-refractivity contribution in [2.45, 2.75) is 32.0 Å². The summed E-state index contributed by atoms with van der Waals surface area (Å²) in [6.45, 7) is 2.74. The van der Waals surface area contributed by atoms with E-state index in [9.17, 15) is 10.2 Å². The van der Waals surface area contributed by atoms with Crippen molar-refractivity contribution in [3.8, 4) is 0 Å². The molecule has 4 rings (SSSR count). The molecule has 0 fully saturated rings. The van der Waals surface area contributed by atoms with Gasteiger partial charge in [-0.25, -0.2) is 9.67 Å². The number of aliphatic hydroxyl groups is 2. The first-order valence-corrected chi connectivity index (χ1v) is 9.29. The van der Waals surface area contributed by atoms with Crippen molar-refractivity contribution in [2.24, 2.45) is 5.16 Å². The second-order valence-electron chi connectivity index (χ2n) is 6.89. The van der Waals surface area contributed by atoms with Crippen LogP contribution in [0.1, 0.15) is 24.5 Å². The van der Waals surface area contributed by atoms with Crippen molar-refractivity contribution in [2.75, 3.05) is 18.5 Å². The summed E-state index contributed by atoms with van der Waals surface area (Å²) in [5, 5.41) is 32.2. The van der Waals surface area contributed by atoms with E-state index >= 15 is 0 Å². The van der Waals surface area contributed by atoms with Gasteiger partial charge in [0, 0.05) is 31.3 Å². The maximum absolute atomic E-state index is 9.61. The molecule has 8 nitrogen and oxygen atoms in total. The lowest BCUT2D eigenvalue weighted by atomic mass is 9.95. The molecule has 28 heavy (non-hydrogen) atoms. The third-order valence-electron chi connectivity index (χ3n) is 5.00. The van der Waals surface area contributed by atoms with Crippen LogP contribution in [0.2, 0.25) is 0 Å². The SMILES string of the molecule is CCn1ncc2c(NCc3ccccc3)c(C3=NOC(CO)(CO)C3)cnc21. The van der Waals surface area contributed by atoms with E-state index in [2.05, 4.69) is 32.7 Å². The Bertz CT molecular complexity index is 996. The highest BCUT2D eigenvalue weighted by atomic mass is 16.7. The highest BCUT2D eigenvalue weighted by Crippen LogP contribution is 2.33. The Kier molecular flexibility index (Phi) is 4.97. The molecule has 0 atom stereocenters. The number of aromatic nitrogens is 3. The molecule has 8 heteroatoms. The monoisotopic (exact) mass is 381 g/mol. The van der Waals surface area contributed by atoms with Crippen LogP contribution in [0, 0.1) is 0 Å². The van der Waals surface area contributed by atoms with Gasteiger partial charge in [-0.15, -0.1) is 0 Å². The molecule has 0 saturated heterocycles. The molecule has 0 saturated carbocycles. The number of nitrogens with one attached hydrogen (secondary N) is 1. The van der Waals surface area contributed by atoms with Crippen LogP contribution in [0.4, 0.5) is 5.69 Å². The fraction of sp³-hybridized carbons (Fsp3) is 0.350. The van der Waals surface area contributed by atoms with Crippen molar-refractivity contribution < 1.29 is 15.1 Å². The van der Waals surface area contributed by atoms with Gasteiger partial charge in [0.15, 0.2) is 11.2 Å². The van der Waals surface area contributed by atoms with E-state index < -0.39 is 5.60 Å². The summed E-state index contributed by atoms with van der Waals surface area (Å²) in [5.41, 5.74) is 3.12. The average Bonchev–Trinajstić information content (AvgIpc) is 3.37. The van der Waals surface area contributed by atoms with E-state index in [0.29, 0.717) is 18.7 Å². The zero-order valence-electron chi connectivity index (χ0n) is 15.7. The van der Waals surface area contributed by atoms with Crippen LogP contribution in [-0.2, 0) is 17.9 Å². The van der Waals surface area contributed by atoms with Gasteiger partial charge in [0.05, 0.1) is 36.2 Å². The molecule has 0 unspecified atom stereocenters. The van der Waals surface area contributed by atoms with Gasteiger partial charge in [0.1, 0.15) is 0 Å². The maximum atomic E-state index is 9.61. The number of hydrogen-bond donors (Lipinski definition) is 3. The fourth-order valence-electron chi connectivity index (χ4n) is 3.34. The van der Waals surface area contributed by atoms with Gasteiger partial charge in [-0.1, -0.05) is 35.5 Å². The van der Waals surface area contributed by atoms with E-state index in [-0.39, 0.29) is 13.2 Å². The molecule has 0 aliphatic carbocycles. The summed E-state index contributed by atoms with van der Waals surface area (Å²) >= 11 is 0. The van der Waals surface area contributed by atoms with Crippen LogP contribution in [-0.4, -0.2) is 49.5 Å². The van der Waals surface area contributed by atoms with Crippen LogP contribution < -0.4 is 5.32 Å². The predicted octanol–water partition coefficient (Wildman–Crippen LogP) is 1.91. The third-order valence-corrected chi connectivity index (χ3v) is 5.00. The minimum atomic E-state index is -1.09. The zero-order chi connectivity index (χ0) is 19.6. The predicted molar refractivity (Wildman–Crippen MR) is 106 cm³/mol. The molecule has 3 heterocycles.